The van der Waals surface area contributed by atoms with Gasteiger partial charge in [0.1, 0.15) is 17.9 Å². The van der Waals surface area contributed by atoms with Crippen LogP contribution in [0.5, 0.6) is 0 Å². The van der Waals surface area contributed by atoms with E-state index in [-0.39, 0.29) is 12.0 Å². The number of benzene rings is 2. The lowest BCUT2D eigenvalue weighted by atomic mass is 9.99. The Morgan fingerprint density at radius 3 is 2.23 bits per heavy atom. The minimum Gasteiger partial charge on any atom is -0.480 e. The Bertz CT molecular complexity index is 962. The zero-order valence-electron chi connectivity index (χ0n) is 16.4. The van der Waals surface area contributed by atoms with Gasteiger partial charge in [-0.3, -0.25) is 9.59 Å². The van der Waals surface area contributed by atoms with Gasteiger partial charge in [0.2, 0.25) is 11.8 Å². The van der Waals surface area contributed by atoms with Gasteiger partial charge < -0.3 is 15.7 Å². The molecule has 3 N–H and O–H groups in total. The predicted molar refractivity (Wildman–Crippen MR) is 102 cm³/mol. The van der Waals surface area contributed by atoms with Gasteiger partial charge in [0.25, 0.3) is 0 Å². The van der Waals surface area contributed by atoms with Gasteiger partial charge in [0, 0.05) is 19.8 Å². The topological polar surface area (TPSA) is 95.5 Å². The predicted octanol–water partition coefficient (Wildman–Crippen LogP) is 2.70. The Kier molecular flexibility index (Phi) is 7.73. The molecule has 2 aromatic rings. The van der Waals surface area contributed by atoms with E-state index >= 15 is 0 Å². The highest BCUT2D eigenvalue weighted by Crippen LogP contribution is 2.32. The molecule has 2 atom stereocenters. The van der Waals surface area contributed by atoms with E-state index in [0.717, 1.165) is 25.1 Å². The van der Waals surface area contributed by atoms with E-state index in [1.165, 1.54) is 30.3 Å². The number of rotatable bonds is 8. The number of hydrogen-bond donors (Lipinski definition) is 3. The van der Waals surface area contributed by atoms with Crippen LogP contribution in [0.3, 0.4) is 0 Å². The van der Waals surface area contributed by atoms with Crippen LogP contribution >= 0.6 is 0 Å². The van der Waals surface area contributed by atoms with E-state index in [2.05, 4.69) is 10.6 Å². The van der Waals surface area contributed by atoms with Crippen LogP contribution in [-0.4, -0.2) is 35.0 Å². The average molecular weight is 440 g/mol. The van der Waals surface area contributed by atoms with Crippen molar-refractivity contribution < 1.29 is 37.1 Å². The summed E-state index contributed by atoms with van der Waals surface area (Å²) >= 11 is 0. The third-order valence-corrected chi connectivity index (χ3v) is 4.38. The lowest BCUT2D eigenvalue weighted by molar-refractivity contribution is -0.143. The standard InChI is InChI=1S/C21H20F4N2O4/c1-12(28)26-17(10-13-5-4-7-15(22)9-13)19(29)27-18(20(30)31)11-14-6-2-3-8-16(14)21(23,24)25/h2-9,17-18H,10-11H2,1H3,(H,26,28)(H,27,29)(H,30,31)/t17-,18-/m1/s1. The Balaban J connectivity index is 2.23. The highest BCUT2D eigenvalue weighted by molar-refractivity contribution is 5.90. The molecule has 0 fully saturated rings. The first-order valence-electron chi connectivity index (χ1n) is 9.17. The molecule has 0 bridgehead atoms. The number of carbonyl (C=O) groups excluding carboxylic acids is 2. The van der Waals surface area contributed by atoms with Crippen molar-refractivity contribution in [1.29, 1.82) is 0 Å². The molecule has 0 aromatic heterocycles. The number of amides is 2. The first-order valence-corrected chi connectivity index (χ1v) is 9.17. The summed E-state index contributed by atoms with van der Waals surface area (Å²) in [7, 11) is 0. The number of halogens is 4. The summed E-state index contributed by atoms with van der Waals surface area (Å²) in [5, 5.41) is 13.9. The minimum atomic E-state index is -4.69. The summed E-state index contributed by atoms with van der Waals surface area (Å²) in [6.45, 7) is 1.14. The fraction of sp³-hybridized carbons (Fsp3) is 0.286. The Morgan fingerprint density at radius 1 is 0.968 bits per heavy atom. The van der Waals surface area contributed by atoms with E-state index in [9.17, 15) is 37.1 Å². The van der Waals surface area contributed by atoms with Crippen molar-refractivity contribution in [1.82, 2.24) is 10.6 Å². The molecule has 10 heteroatoms. The van der Waals surface area contributed by atoms with Gasteiger partial charge in [-0.05, 0) is 29.3 Å². The van der Waals surface area contributed by atoms with Gasteiger partial charge in [0.15, 0.2) is 0 Å². The Morgan fingerprint density at radius 2 is 1.65 bits per heavy atom. The fourth-order valence-corrected chi connectivity index (χ4v) is 3.02. The second-order valence-electron chi connectivity index (χ2n) is 6.85. The zero-order chi connectivity index (χ0) is 23.2. The third kappa shape index (κ3) is 7.09. The summed E-state index contributed by atoms with van der Waals surface area (Å²) < 4.78 is 53.0. The van der Waals surface area contributed by atoms with Crippen molar-refractivity contribution in [2.45, 2.75) is 38.0 Å². The van der Waals surface area contributed by atoms with E-state index in [4.69, 9.17) is 0 Å². The molecule has 0 radical (unpaired) electrons. The molecule has 2 aromatic carbocycles. The Hall–Kier alpha value is -3.43. The lowest BCUT2D eigenvalue weighted by Crippen LogP contribution is -2.52. The molecule has 0 saturated carbocycles. The van der Waals surface area contributed by atoms with Gasteiger partial charge in [0.05, 0.1) is 5.56 Å². The Labute approximate surface area is 175 Å². The van der Waals surface area contributed by atoms with Crippen molar-refractivity contribution in [3.05, 3.63) is 71.0 Å². The van der Waals surface area contributed by atoms with Gasteiger partial charge in [-0.25, -0.2) is 9.18 Å². The maximum Gasteiger partial charge on any atom is 0.416 e. The molecule has 0 aliphatic heterocycles. The van der Waals surface area contributed by atoms with E-state index in [1.54, 1.807) is 0 Å². The number of carboxylic acid groups (broad SMARTS) is 1. The number of carbonyl (C=O) groups is 3. The summed E-state index contributed by atoms with van der Waals surface area (Å²) in [4.78, 5) is 35.7. The van der Waals surface area contributed by atoms with Crippen LogP contribution in [0, 0.1) is 5.82 Å². The molecule has 0 heterocycles. The number of carboxylic acids is 1. The van der Waals surface area contributed by atoms with Crippen molar-refractivity contribution >= 4 is 17.8 Å². The summed E-state index contributed by atoms with van der Waals surface area (Å²) in [5.74, 6) is -3.62. The summed E-state index contributed by atoms with van der Waals surface area (Å²) in [5.41, 5.74) is -0.944. The van der Waals surface area contributed by atoms with Crippen molar-refractivity contribution in [2.24, 2.45) is 0 Å². The SMILES string of the molecule is CC(=O)N[C@H](Cc1cccc(F)c1)C(=O)N[C@H](Cc1ccccc1C(F)(F)F)C(=O)O. The van der Waals surface area contributed by atoms with Crippen molar-refractivity contribution in [3.8, 4) is 0 Å². The van der Waals surface area contributed by atoms with Gasteiger partial charge in [-0.15, -0.1) is 0 Å². The first-order chi connectivity index (χ1) is 14.5. The van der Waals surface area contributed by atoms with Gasteiger partial charge in [-0.2, -0.15) is 13.2 Å². The lowest BCUT2D eigenvalue weighted by Gasteiger charge is -2.22. The maximum atomic E-state index is 13.4. The van der Waals surface area contributed by atoms with Crippen LogP contribution in [0.25, 0.3) is 0 Å². The van der Waals surface area contributed by atoms with E-state index < -0.39 is 53.8 Å². The molecule has 166 valence electrons. The van der Waals surface area contributed by atoms with E-state index in [0.29, 0.717) is 5.56 Å². The molecule has 31 heavy (non-hydrogen) atoms. The summed E-state index contributed by atoms with van der Waals surface area (Å²) in [6.07, 6.45) is -5.46. The molecular weight excluding hydrogens is 420 g/mol. The smallest absolute Gasteiger partial charge is 0.416 e. The molecule has 0 spiro atoms. The van der Waals surface area contributed by atoms with Crippen LogP contribution in [0.1, 0.15) is 23.6 Å². The van der Waals surface area contributed by atoms with Crippen LogP contribution in [0.2, 0.25) is 0 Å². The van der Waals surface area contributed by atoms with Gasteiger partial charge in [-0.1, -0.05) is 30.3 Å². The highest BCUT2D eigenvalue weighted by atomic mass is 19.4. The van der Waals surface area contributed by atoms with Crippen LogP contribution in [0.15, 0.2) is 48.5 Å². The molecule has 2 rings (SSSR count). The second-order valence-corrected chi connectivity index (χ2v) is 6.85. The number of alkyl halides is 3. The summed E-state index contributed by atoms with van der Waals surface area (Å²) in [6, 6.07) is 6.77. The third-order valence-electron chi connectivity index (χ3n) is 4.38. The van der Waals surface area contributed by atoms with Crippen molar-refractivity contribution in [3.63, 3.8) is 0 Å². The quantitative estimate of drug-likeness (QED) is 0.550. The molecule has 0 unspecified atom stereocenters. The fourth-order valence-electron chi connectivity index (χ4n) is 3.02. The molecule has 2 amide bonds. The molecule has 0 aliphatic rings. The largest absolute Gasteiger partial charge is 0.480 e. The normalized spacial score (nSPS) is 13.2. The van der Waals surface area contributed by atoms with Crippen LogP contribution in [0.4, 0.5) is 17.6 Å². The number of nitrogens with one attached hydrogen (secondary N) is 2. The zero-order valence-corrected chi connectivity index (χ0v) is 16.4. The minimum absolute atomic E-state index is 0.144. The second kappa shape index (κ2) is 10.1. The van der Waals surface area contributed by atoms with Gasteiger partial charge >= 0.3 is 12.1 Å². The molecule has 6 nitrogen and oxygen atoms in total. The molecule has 0 aliphatic carbocycles. The molecule has 0 saturated heterocycles. The average Bonchev–Trinajstić information content (AvgIpc) is 2.66. The van der Waals surface area contributed by atoms with Crippen molar-refractivity contribution in [2.75, 3.05) is 0 Å². The number of aliphatic carboxylic acids is 1. The first kappa shape index (κ1) is 23.8. The van der Waals surface area contributed by atoms with Crippen LogP contribution in [-0.2, 0) is 33.4 Å². The van der Waals surface area contributed by atoms with Crippen LogP contribution < -0.4 is 10.6 Å². The highest BCUT2D eigenvalue weighted by Gasteiger charge is 2.35. The molecular formula is C21H20F4N2O4. The number of hydrogen-bond acceptors (Lipinski definition) is 3. The van der Waals surface area contributed by atoms with E-state index in [1.807, 2.05) is 0 Å². The maximum absolute atomic E-state index is 13.4. The monoisotopic (exact) mass is 440 g/mol.